The third-order valence-corrected chi connectivity index (χ3v) is 3.42. The fourth-order valence-corrected chi connectivity index (χ4v) is 2.47. The zero-order valence-electron chi connectivity index (χ0n) is 10.2. The number of rotatable bonds is 4. The number of carbonyl (C=O) groups is 1. The Morgan fingerprint density at radius 3 is 2.94 bits per heavy atom. The van der Waals surface area contributed by atoms with E-state index in [0.717, 1.165) is 37.2 Å². The van der Waals surface area contributed by atoms with Crippen LogP contribution < -0.4 is 4.90 Å². The summed E-state index contributed by atoms with van der Waals surface area (Å²) in [5, 5.41) is 9.23. The molecule has 0 aliphatic carbocycles. The number of fused-ring (bicyclic) bond motifs is 1. The van der Waals surface area contributed by atoms with Gasteiger partial charge >= 0.3 is 5.97 Å². The highest BCUT2D eigenvalue weighted by atomic mass is 16.4. The molecule has 1 atom stereocenters. The second kappa shape index (κ2) is 5.21. The van der Waals surface area contributed by atoms with Gasteiger partial charge in [-0.15, -0.1) is 0 Å². The number of carboxylic acid groups (broad SMARTS) is 1. The molecule has 1 aliphatic rings. The monoisotopic (exact) mass is 233 g/mol. The van der Waals surface area contributed by atoms with E-state index in [-0.39, 0.29) is 5.92 Å². The van der Waals surface area contributed by atoms with Gasteiger partial charge in [0.2, 0.25) is 0 Å². The van der Waals surface area contributed by atoms with Crippen molar-refractivity contribution in [2.45, 2.75) is 32.1 Å². The Labute approximate surface area is 102 Å². The number of benzene rings is 1. The quantitative estimate of drug-likeness (QED) is 0.869. The van der Waals surface area contributed by atoms with Crippen molar-refractivity contribution in [3.63, 3.8) is 0 Å². The van der Waals surface area contributed by atoms with Crippen LogP contribution in [0.3, 0.4) is 0 Å². The number of para-hydroxylation sites is 1. The van der Waals surface area contributed by atoms with Crippen LogP contribution in [0, 0.1) is 0 Å². The fourth-order valence-electron chi connectivity index (χ4n) is 2.47. The predicted octanol–water partition coefficient (Wildman–Crippen LogP) is 2.87. The second-order valence-electron chi connectivity index (χ2n) is 4.58. The second-order valence-corrected chi connectivity index (χ2v) is 4.58. The van der Waals surface area contributed by atoms with E-state index in [4.69, 9.17) is 0 Å². The number of nitrogens with zero attached hydrogens (tertiary/aromatic N) is 1. The molecular formula is C14H19NO2. The van der Waals surface area contributed by atoms with Gasteiger partial charge in [0.1, 0.15) is 0 Å². The third kappa shape index (κ3) is 2.43. The average Bonchev–Trinajstić information content (AvgIpc) is 2.35. The molecule has 1 N–H and O–H groups in total. The minimum absolute atomic E-state index is 0.330. The van der Waals surface area contributed by atoms with Crippen LogP contribution in [0.1, 0.15) is 37.7 Å². The Bertz CT molecular complexity index is 403. The van der Waals surface area contributed by atoms with E-state index in [1.54, 1.807) is 0 Å². The zero-order chi connectivity index (χ0) is 12.3. The molecule has 17 heavy (non-hydrogen) atoms. The van der Waals surface area contributed by atoms with Gasteiger partial charge in [0.25, 0.3) is 0 Å². The molecular weight excluding hydrogens is 214 g/mol. The molecule has 0 fully saturated rings. The summed E-state index contributed by atoms with van der Waals surface area (Å²) in [6.07, 6.45) is 3.04. The van der Waals surface area contributed by atoms with Gasteiger partial charge in [-0.1, -0.05) is 31.5 Å². The molecule has 1 heterocycles. The number of hydrogen-bond acceptors (Lipinski definition) is 2. The molecule has 1 aromatic carbocycles. The highest BCUT2D eigenvalue weighted by Gasteiger charge is 2.29. The average molecular weight is 233 g/mol. The lowest BCUT2D eigenvalue weighted by Crippen LogP contribution is -2.34. The Morgan fingerprint density at radius 2 is 2.24 bits per heavy atom. The van der Waals surface area contributed by atoms with Crippen molar-refractivity contribution in [2.75, 3.05) is 18.0 Å². The smallest absolute Gasteiger partial charge is 0.311 e. The molecule has 1 aromatic rings. The molecule has 1 aliphatic heterocycles. The molecule has 3 heteroatoms. The molecule has 0 saturated carbocycles. The summed E-state index contributed by atoms with van der Waals surface area (Å²) in [5.41, 5.74) is 2.09. The van der Waals surface area contributed by atoms with E-state index >= 15 is 0 Å². The molecule has 0 aromatic heterocycles. The fraction of sp³-hybridized carbons (Fsp3) is 0.500. The molecule has 0 bridgehead atoms. The van der Waals surface area contributed by atoms with Crippen molar-refractivity contribution in [3.8, 4) is 0 Å². The van der Waals surface area contributed by atoms with Crippen LogP contribution >= 0.6 is 0 Å². The molecule has 0 amide bonds. The maximum atomic E-state index is 11.2. The van der Waals surface area contributed by atoms with E-state index < -0.39 is 5.97 Å². The lowest BCUT2D eigenvalue weighted by atomic mass is 9.90. The van der Waals surface area contributed by atoms with Crippen LogP contribution in [0.2, 0.25) is 0 Å². The van der Waals surface area contributed by atoms with Crippen molar-refractivity contribution >= 4 is 11.7 Å². The number of hydrogen-bond donors (Lipinski definition) is 1. The first-order valence-electron chi connectivity index (χ1n) is 6.30. The Hall–Kier alpha value is -1.51. The van der Waals surface area contributed by atoms with Gasteiger partial charge in [-0.2, -0.15) is 0 Å². The van der Waals surface area contributed by atoms with Crippen molar-refractivity contribution in [3.05, 3.63) is 29.8 Å². The van der Waals surface area contributed by atoms with Gasteiger partial charge in [-0.3, -0.25) is 4.79 Å². The maximum absolute atomic E-state index is 11.2. The molecule has 1 unspecified atom stereocenters. The van der Waals surface area contributed by atoms with Crippen molar-refractivity contribution in [1.82, 2.24) is 0 Å². The summed E-state index contributed by atoms with van der Waals surface area (Å²) in [6.45, 7) is 4.06. The Morgan fingerprint density at radius 1 is 1.47 bits per heavy atom. The van der Waals surface area contributed by atoms with E-state index in [1.165, 1.54) is 6.42 Å². The molecule has 92 valence electrons. The van der Waals surface area contributed by atoms with E-state index in [0.29, 0.717) is 0 Å². The van der Waals surface area contributed by atoms with Gasteiger partial charge in [0.05, 0.1) is 5.92 Å². The van der Waals surface area contributed by atoms with E-state index in [2.05, 4.69) is 11.8 Å². The summed E-state index contributed by atoms with van der Waals surface area (Å²) < 4.78 is 0. The molecule has 0 spiro atoms. The number of unbranched alkanes of at least 4 members (excludes halogenated alkanes) is 1. The van der Waals surface area contributed by atoms with Crippen LogP contribution in [0.15, 0.2) is 24.3 Å². The first-order chi connectivity index (χ1) is 8.24. The minimum Gasteiger partial charge on any atom is -0.481 e. The van der Waals surface area contributed by atoms with Crippen LogP contribution in [-0.2, 0) is 4.79 Å². The molecule has 2 rings (SSSR count). The lowest BCUT2D eigenvalue weighted by molar-refractivity contribution is -0.139. The van der Waals surface area contributed by atoms with Crippen LogP contribution in [-0.4, -0.2) is 24.2 Å². The number of aliphatic carboxylic acids is 1. The van der Waals surface area contributed by atoms with Crippen LogP contribution in [0.25, 0.3) is 0 Å². The van der Waals surface area contributed by atoms with Crippen molar-refractivity contribution in [2.24, 2.45) is 0 Å². The summed E-state index contributed by atoms with van der Waals surface area (Å²) in [6, 6.07) is 7.91. The van der Waals surface area contributed by atoms with Crippen molar-refractivity contribution in [1.29, 1.82) is 0 Å². The van der Waals surface area contributed by atoms with Gasteiger partial charge in [-0.25, -0.2) is 0 Å². The van der Waals surface area contributed by atoms with E-state index in [9.17, 15) is 9.90 Å². The largest absolute Gasteiger partial charge is 0.481 e. The SMILES string of the molecule is CCCCN1CCC(C(=O)O)c2ccccc21. The zero-order valence-corrected chi connectivity index (χ0v) is 10.2. The summed E-state index contributed by atoms with van der Waals surface area (Å²) >= 11 is 0. The van der Waals surface area contributed by atoms with E-state index in [1.807, 2.05) is 24.3 Å². The maximum Gasteiger partial charge on any atom is 0.311 e. The van der Waals surface area contributed by atoms with Gasteiger partial charge in [-0.05, 0) is 24.5 Å². The van der Waals surface area contributed by atoms with Gasteiger partial charge in [0.15, 0.2) is 0 Å². The minimum atomic E-state index is -0.701. The first-order valence-corrected chi connectivity index (χ1v) is 6.30. The van der Waals surface area contributed by atoms with Crippen molar-refractivity contribution < 1.29 is 9.90 Å². The lowest BCUT2D eigenvalue weighted by Gasteiger charge is -2.34. The molecule has 3 nitrogen and oxygen atoms in total. The summed E-state index contributed by atoms with van der Waals surface area (Å²) in [5.74, 6) is -1.03. The van der Waals surface area contributed by atoms with Gasteiger partial charge < -0.3 is 10.0 Å². The van der Waals surface area contributed by atoms with Gasteiger partial charge in [0, 0.05) is 18.8 Å². The number of anilines is 1. The highest BCUT2D eigenvalue weighted by Crippen LogP contribution is 2.35. The highest BCUT2D eigenvalue weighted by molar-refractivity contribution is 5.80. The normalized spacial score (nSPS) is 18.9. The summed E-state index contributed by atoms with van der Waals surface area (Å²) in [7, 11) is 0. The Kier molecular flexibility index (Phi) is 3.67. The Balaban J connectivity index is 2.27. The topological polar surface area (TPSA) is 40.5 Å². The molecule has 0 saturated heterocycles. The molecule has 0 radical (unpaired) electrons. The van der Waals surface area contributed by atoms with Crippen LogP contribution in [0.5, 0.6) is 0 Å². The predicted molar refractivity (Wildman–Crippen MR) is 68.6 cm³/mol. The third-order valence-electron chi connectivity index (χ3n) is 3.42. The van der Waals surface area contributed by atoms with Crippen LogP contribution in [0.4, 0.5) is 5.69 Å². The first kappa shape index (κ1) is 12.0. The number of carboxylic acids is 1. The summed E-state index contributed by atoms with van der Waals surface area (Å²) in [4.78, 5) is 13.5. The standard InChI is InChI=1S/C14H19NO2/c1-2-3-9-15-10-8-12(14(16)17)11-6-4-5-7-13(11)15/h4-7,12H,2-3,8-10H2,1H3,(H,16,17).